The van der Waals surface area contributed by atoms with E-state index < -0.39 is 33.9 Å². The number of hydrogen-bond donors (Lipinski definition) is 4. The fraction of sp³-hybridized carbons (Fsp3) is 0.326. The van der Waals surface area contributed by atoms with Crippen molar-refractivity contribution in [1.29, 1.82) is 0 Å². The van der Waals surface area contributed by atoms with Crippen molar-refractivity contribution < 1.29 is 37.6 Å². The second-order valence-corrected chi connectivity index (χ2v) is 15.2. The van der Waals surface area contributed by atoms with Gasteiger partial charge in [-0.2, -0.15) is 12.7 Å². The summed E-state index contributed by atoms with van der Waals surface area (Å²) in [6.07, 6.45) is 10.3. The van der Waals surface area contributed by atoms with Crippen LogP contribution in [-0.4, -0.2) is 82.4 Å². The van der Waals surface area contributed by atoms with Crippen molar-refractivity contribution in [2.24, 2.45) is 5.92 Å². The van der Waals surface area contributed by atoms with E-state index in [0.717, 1.165) is 34.8 Å². The lowest BCUT2D eigenvalue weighted by Crippen LogP contribution is -2.47. The quantitative estimate of drug-likeness (QED) is 0.0860. The molecule has 4 aromatic carbocycles. The number of anilines is 2. The number of halogens is 1. The maximum Gasteiger partial charge on any atom is 0.308 e. The lowest BCUT2D eigenvalue weighted by molar-refractivity contribution is -0.122. The number of ether oxygens (including phenoxy) is 1. The summed E-state index contributed by atoms with van der Waals surface area (Å²) in [6, 6.07) is 28.1. The molecule has 57 heavy (non-hydrogen) atoms. The minimum Gasteiger partial charge on any atom is -0.379 e. The molecule has 0 radical (unpaired) electrons. The first-order chi connectivity index (χ1) is 27.5. The highest BCUT2D eigenvalue weighted by Gasteiger charge is 2.34. The van der Waals surface area contributed by atoms with Gasteiger partial charge >= 0.3 is 10.2 Å². The number of carbonyl (C=O) groups is 3. The number of carbonyl (C=O) groups excluding carboxylic acids is 3. The molecule has 6 rings (SSSR count). The van der Waals surface area contributed by atoms with Crippen molar-refractivity contribution in [3.05, 3.63) is 131 Å². The molecular formula is C43H59FN6O6S. The van der Waals surface area contributed by atoms with Crippen molar-refractivity contribution >= 4 is 39.3 Å². The monoisotopic (exact) mass is 806 g/mol. The second-order valence-electron chi connectivity index (χ2n) is 13.5. The Bertz CT molecular complexity index is 2040. The van der Waals surface area contributed by atoms with Gasteiger partial charge in [0.25, 0.3) is 11.8 Å². The largest absolute Gasteiger partial charge is 0.379 e. The molecular weight excluding hydrogens is 748 g/mol. The Morgan fingerprint density at radius 1 is 0.825 bits per heavy atom. The average molecular weight is 807 g/mol. The molecule has 4 N–H and O–H groups in total. The van der Waals surface area contributed by atoms with Gasteiger partial charge in [0.15, 0.2) is 0 Å². The van der Waals surface area contributed by atoms with Gasteiger partial charge in [-0.15, -0.1) is 12.8 Å². The van der Waals surface area contributed by atoms with Gasteiger partial charge in [0, 0.05) is 56.1 Å². The van der Waals surface area contributed by atoms with E-state index in [-0.39, 0.29) is 73.5 Å². The van der Waals surface area contributed by atoms with Crippen molar-refractivity contribution in [2.75, 3.05) is 50.2 Å². The van der Waals surface area contributed by atoms with E-state index in [2.05, 4.69) is 53.2 Å². The van der Waals surface area contributed by atoms with Crippen LogP contribution < -0.4 is 25.6 Å². The van der Waals surface area contributed by atoms with Crippen LogP contribution in [0.3, 0.4) is 0 Å². The van der Waals surface area contributed by atoms with Gasteiger partial charge in [-0.25, -0.2) is 8.70 Å². The molecule has 1 saturated carbocycles. The van der Waals surface area contributed by atoms with Crippen LogP contribution in [0.4, 0.5) is 15.8 Å². The van der Waals surface area contributed by atoms with Gasteiger partial charge < -0.3 is 26.0 Å². The Balaban J connectivity index is 0.00000249. The molecule has 310 valence electrons. The van der Waals surface area contributed by atoms with E-state index >= 15 is 0 Å². The first-order valence-corrected chi connectivity index (χ1v) is 20.2. The van der Waals surface area contributed by atoms with Crippen LogP contribution in [0.15, 0.2) is 103 Å². The predicted molar refractivity (Wildman–Crippen MR) is 229 cm³/mol. The third kappa shape index (κ3) is 13.8. The number of benzene rings is 4. The zero-order valence-electron chi connectivity index (χ0n) is 32.3. The van der Waals surface area contributed by atoms with E-state index in [9.17, 15) is 27.2 Å². The Kier molecular flexibility index (Phi) is 17.2. The predicted octanol–water partition coefficient (Wildman–Crippen LogP) is 5.93. The van der Waals surface area contributed by atoms with Crippen LogP contribution in [0.25, 0.3) is 0 Å². The molecule has 2 fully saturated rings. The highest BCUT2D eigenvalue weighted by molar-refractivity contribution is 7.90. The fourth-order valence-electron chi connectivity index (χ4n) is 5.67. The molecule has 4 aromatic rings. The van der Waals surface area contributed by atoms with Crippen molar-refractivity contribution in [2.45, 2.75) is 39.3 Å². The summed E-state index contributed by atoms with van der Waals surface area (Å²) in [6.45, 7) is 5.72. The SMILES string of the molecule is C#C.C[C@H](NCCNC(=O)c1cc(C(=O)NCc2ccccc2)cc(N(c2ccc(F)cc2)S(=O)(=O)N2CCOCC2)c1)C(=O)NCC1CC1.Cc1ccccc1.[HH].[HH].[HH].[HH]. The topological polar surface area (TPSA) is 149 Å². The normalized spacial score (nSPS) is 14.3. The van der Waals surface area contributed by atoms with Gasteiger partial charge in [0.2, 0.25) is 5.91 Å². The smallest absolute Gasteiger partial charge is 0.308 e. The highest BCUT2D eigenvalue weighted by Crippen LogP contribution is 2.33. The molecule has 3 amide bonds. The summed E-state index contributed by atoms with van der Waals surface area (Å²) in [5.41, 5.74) is 2.40. The maximum atomic E-state index is 14.1. The molecule has 1 aliphatic heterocycles. The summed E-state index contributed by atoms with van der Waals surface area (Å²) in [5.74, 6) is -1.19. The number of amides is 3. The minimum absolute atomic E-state index is 0. The molecule has 14 heteroatoms. The van der Waals surface area contributed by atoms with Gasteiger partial charge in [-0.05, 0) is 80.6 Å². The van der Waals surface area contributed by atoms with Gasteiger partial charge in [0.1, 0.15) is 5.82 Å². The zero-order valence-corrected chi connectivity index (χ0v) is 33.1. The van der Waals surface area contributed by atoms with E-state index in [1.807, 2.05) is 48.5 Å². The zero-order chi connectivity index (χ0) is 41.2. The summed E-state index contributed by atoms with van der Waals surface area (Å²) < 4.78 is 49.8. The van der Waals surface area contributed by atoms with Crippen LogP contribution in [0, 0.1) is 31.5 Å². The third-order valence-electron chi connectivity index (χ3n) is 9.02. The number of nitrogens with zero attached hydrogens (tertiary/aromatic N) is 2. The Hall–Kier alpha value is -5.59. The van der Waals surface area contributed by atoms with Crippen LogP contribution in [-0.2, 0) is 26.3 Å². The Morgan fingerprint density at radius 2 is 1.40 bits per heavy atom. The van der Waals surface area contributed by atoms with Crippen LogP contribution in [0.2, 0.25) is 0 Å². The Morgan fingerprint density at radius 3 is 1.96 bits per heavy atom. The lowest BCUT2D eigenvalue weighted by Gasteiger charge is -2.33. The minimum atomic E-state index is -4.28. The fourth-order valence-corrected chi connectivity index (χ4v) is 7.27. The number of terminal acetylenes is 1. The molecule has 1 aliphatic carbocycles. The van der Waals surface area contributed by atoms with Gasteiger partial charge in [-0.1, -0.05) is 66.2 Å². The number of morpholine rings is 1. The molecule has 1 heterocycles. The molecule has 1 saturated heterocycles. The molecule has 12 nitrogen and oxygen atoms in total. The van der Waals surface area contributed by atoms with Crippen molar-refractivity contribution in [3.63, 3.8) is 0 Å². The van der Waals surface area contributed by atoms with Crippen LogP contribution in [0.1, 0.15) is 57.3 Å². The molecule has 1 atom stereocenters. The number of nitrogens with one attached hydrogen (secondary N) is 4. The van der Waals surface area contributed by atoms with Crippen LogP contribution in [0.5, 0.6) is 0 Å². The first kappa shape index (κ1) is 44.1. The number of hydrogen-bond acceptors (Lipinski definition) is 7. The van der Waals surface area contributed by atoms with E-state index in [1.165, 1.54) is 40.2 Å². The molecule has 2 aliphatic rings. The van der Waals surface area contributed by atoms with Crippen molar-refractivity contribution in [3.8, 4) is 12.8 Å². The second kappa shape index (κ2) is 22.2. The van der Waals surface area contributed by atoms with E-state index in [4.69, 9.17) is 4.74 Å². The van der Waals surface area contributed by atoms with Gasteiger partial charge in [-0.3, -0.25) is 14.4 Å². The molecule has 0 unspecified atom stereocenters. The van der Waals surface area contributed by atoms with E-state index in [0.29, 0.717) is 19.0 Å². The lowest BCUT2D eigenvalue weighted by atomic mass is 10.1. The highest BCUT2D eigenvalue weighted by atomic mass is 32.2. The standard InChI is InChI=1S/C34H41FN6O6S.C7H8.C2H2.4H2/c1-24(32(42)38-23-26-7-8-26)36-13-14-37-33(43)27-19-28(34(44)39-22-25-5-3-2-4-6-25)21-31(20-27)41(30-11-9-29(35)10-12-30)48(45,46)40-15-17-47-18-16-40;1-7-5-3-2-4-6-7;1-2;;;;/h2-6,9-12,19-21,24,26,36H,7-8,13-18,22-23H2,1H3,(H,37,43)(H,38,42)(H,39,44);2-6H,1H3;1-2H;4*1H/t24-;;;;;;/m0....../s1. The summed E-state index contributed by atoms with van der Waals surface area (Å²) >= 11 is 0. The third-order valence-corrected chi connectivity index (χ3v) is 10.9. The van der Waals surface area contributed by atoms with Gasteiger partial charge in [0.05, 0.1) is 30.6 Å². The molecule has 0 bridgehead atoms. The molecule has 0 spiro atoms. The van der Waals surface area contributed by atoms with Crippen LogP contribution >= 0.6 is 0 Å². The summed E-state index contributed by atoms with van der Waals surface area (Å²) in [4.78, 5) is 39.3. The number of aryl methyl sites for hydroxylation is 1. The average Bonchev–Trinajstić information content (AvgIpc) is 4.08. The Labute approximate surface area is 341 Å². The summed E-state index contributed by atoms with van der Waals surface area (Å²) in [7, 11) is -4.28. The van der Waals surface area contributed by atoms with Crippen molar-refractivity contribution in [1.82, 2.24) is 25.6 Å². The first-order valence-electron chi connectivity index (χ1n) is 18.8. The summed E-state index contributed by atoms with van der Waals surface area (Å²) in [5, 5.41) is 11.6. The van der Waals surface area contributed by atoms with E-state index in [1.54, 1.807) is 6.92 Å². The maximum absolute atomic E-state index is 14.1. The number of rotatable bonds is 15. The molecule has 0 aromatic heterocycles.